The van der Waals surface area contributed by atoms with E-state index in [0.29, 0.717) is 6.61 Å². The number of benzene rings is 1. The molecule has 0 fully saturated rings. The molecule has 0 radical (unpaired) electrons. The van der Waals surface area contributed by atoms with Gasteiger partial charge in [-0.3, -0.25) is 4.98 Å². The van der Waals surface area contributed by atoms with E-state index in [4.69, 9.17) is 10.5 Å². The molecule has 0 bridgehead atoms. The highest BCUT2D eigenvalue weighted by atomic mass is 79.9. The van der Waals surface area contributed by atoms with Gasteiger partial charge in [0.05, 0.1) is 18.8 Å². The minimum absolute atomic E-state index is 0.199. The smallest absolute Gasteiger partial charge is 0.137 e. The summed E-state index contributed by atoms with van der Waals surface area (Å²) in [6.07, 6.45) is 4.47. The first-order chi connectivity index (χ1) is 9.20. The molecule has 0 aliphatic carbocycles. The quantitative estimate of drug-likeness (QED) is 0.914. The number of aromatic nitrogens is 1. The largest absolute Gasteiger partial charge is 0.492 e. The summed E-state index contributed by atoms with van der Waals surface area (Å²) in [6.45, 7) is 2.77. The number of hydrogen-bond acceptors (Lipinski definition) is 3. The summed E-state index contributed by atoms with van der Waals surface area (Å²) in [5, 5.41) is 0. The molecule has 0 spiro atoms. The fourth-order valence-corrected chi connectivity index (χ4v) is 2.21. The molecular formula is C15H17BrN2O. The molecule has 0 amide bonds. The summed E-state index contributed by atoms with van der Waals surface area (Å²) in [5.41, 5.74) is 8.26. The van der Waals surface area contributed by atoms with Crippen LogP contribution in [0.25, 0.3) is 0 Å². The second kappa shape index (κ2) is 6.68. The number of hydrogen-bond donors (Lipinski definition) is 1. The summed E-state index contributed by atoms with van der Waals surface area (Å²) in [4.78, 5) is 4.19. The molecule has 2 rings (SSSR count). The van der Waals surface area contributed by atoms with Gasteiger partial charge in [-0.1, -0.05) is 35.0 Å². The van der Waals surface area contributed by atoms with Crippen LogP contribution in [0.3, 0.4) is 0 Å². The Morgan fingerprint density at radius 3 is 2.84 bits per heavy atom. The van der Waals surface area contributed by atoms with Crippen molar-refractivity contribution in [2.75, 3.05) is 6.61 Å². The Labute approximate surface area is 121 Å². The van der Waals surface area contributed by atoms with Gasteiger partial charge < -0.3 is 10.5 Å². The van der Waals surface area contributed by atoms with Gasteiger partial charge in [0.2, 0.25) is 0 Å². The Bertz CT molecular complexity index is 545. The van der Waals surface area contributed by atoms with Crippen LogP contribution in [0.1, 0.15) is 30.5 Å². The Hall–Kier alpha value is -1.39. The number of halogens is 1. The van der Waals surface area contributed by atoms with Crippen LogP contribution in [-0.2, 0) is 0 Å². The van der Waals surface area contributed by atoms with Crippen molar-refractivity contribution in [3.05, 3.63) is 58.3 Å². The minimum Gasteiger partial charge on any atom is -0.492 e. The highest BCUT2D eigenvalue weighted by Crippen LogP contribution is 2.24. The fraction of sp³-hybridized carbons (Fsp3) is 0.267. The average Bonchev–Trinajstić information content (AvgIpc) is 2.44. The summed E-state index contributed by atoms with van der Waals surface area (Å²) in [5.74, 6) is 0.768. The lowest BCUT2D eigenvalue weighted by atomic mass is 10.0. The molecule has 19 heavy (non-hydrogen) atoms. The summed E-state index contributed by atoms with van der Waals surface area (Å²) >= 11 is 3.46. The zero-order valence-electron chi connectivity index (χ0n) is 10.8. The second-order valence-corrected chi connectivity index (χ2v) is 5.25. The van der Waals surface area contributed by atoms with Crippen LogP contribution in [0.2, 0.25) is 0 Å². The Balaban J connectivity index is 2.21. The third kappa shape index (κ3) is 3.78. The first kappa shape index (κ1) is 14.0. The predicted molar refractivity (Wildman–Crippen MR) is 80.2 cm³/mol. The minimum atomic E-state index is -0.199. The first-order valence-electron chi connectivity index (χ1n) is 6.29. The highest BCUT2D eigenvalue weighted by molar-refractivity contribution is 9.10. The number of ether oxygens (including phenoxy) is 1. The van der Waals surface area contributed by atoms with E-state index in [2.05, 4.69) is 27.8 Å². The first-order valence-corrected chi connectivity index (χ1v) is 7.09. The van der Waals surface area contributed by atoms with Crippen molar-refractivity contribution in [2.45, 2.75) is 19.4 Å². The molecule has 0 saturated heterocycles. The Morgan fingerprint density at radius 1 is 1.26 bits per heavy atom. The maximum atomic E-state index is 6.27. The molecule has 100 valence electrons. The SMILES string of the molecule is CCCOc1cncc(C(N)c2cccc(Br)c2)c1. The Kier molecular flexibility index (Phi) is 4.93. The van der Waals surface area contributed by atoms with Crippen LogP contribution in [0.4, 0.5) is 0 Å². The van der Waals surface area contributed by atoms with Gasteiger partial charge >= 0.3 is 0 Å². The number of nitrogens with two attached hydrogens (primary N) is 1. The predicted octanol–water partition coefficient (Wildman–Crippen LogP) is 3.68. The third-order valence-corrected chi connectivity index (χ3v) is 3.27. The van der Waals surface area contributed by atoms with E-state index in [1.165, 1.54) is 0 Å². The normalized spacial score (nSPS) is 12.2. The summed E-state index contributed by atoms with van der Waals surface area (Å²) < 4.78 is 6.60. The molecule has 1 heterocycles. The standard InChI is InChI=1S/C15H17BrN2O/c1-2-6-19-14-8-12(9-18-10-14)15(17)11-4-3-5-13(16)7-11/h3-5,7-10,15H,2,6,17H2,1H3. The maximum Gasteiger partial charge on any atom is 0.137 e. The molecule has 4 heteroatoms. The average molecular weight is 321 g/mol. The molecular weight excluding hydrogens is 304 g/mol. The van der Waals surface area contributed by atoms with Crippen molar-refractivity contribution >= 4 is 15.9 Å². The van der Waals surface area contributed by atoms with Gasteiger partial charge in [0.15, 0.2) is 0 Å². The van der Waals surface area contributed by atoms with E-state index < -0.39 is 0 Å². The molecule has 2 aromatic rings. The van der Waals surface area contributed by atoms with Crippen molar-refractivity contribution in [3.8, 4) is 5.75 Å². The van der Waals surface area contributed by atoms with E-state index >= 15 is 0 Å². The van der Waals surface area contributed by atoms with Crippen LogP contribution in [0.5, 0.6) is 5.75 Å². The van der Waals surface area contributed by atoms with Gasteiger partial charge in [0.1, 0.15) is 5.75 Å². The van der Waals surface area contributed by atoms with Gasteiger partial charge in [-0.05, 0) is 35.7 Å². The van der Waals surface area contributed by atoms with Crippen molar-refractivity contribution < 1.29 is 4.74 Å². The second-order valence-electron chi connectivity index (χ2n) is 4.34. The van der Waals surface area contributed by atoms with Crippen LogP contribution < -0.4 is 10.5 Å². The number of pyridine rings is 1. The zero-order chi connectivity index (χ0) is 13.7. The molecule has 3 nitrogen and oxygen atoms in total. The van der Waals surface area contributed by atoms with Crippen LogP contribution >= 0.6 is 15.9 Å². The topological polar surface area (TPSA) is 48.1 Å². The van der Waals surface area contributed by atoms with Crippen molar-refractivity contribution in [2.24, 2.45) is 5.73 Å². The summed E-state index contributed by atoms with van der Waals surface area (Å²) in [6, 6.07) is 9.74. The molecule has 1 aromatic carbocycles. The van der Waals surface area contributed by atoms with Gasteiger partial charge in [-0.25, -0.2) is 0 Å². The van der Waals surface area contributed by atoms with Gasteiger partial charge in [-0.2, -0.15) is 0 Å². The number of nitrogens with zero attached hydrogens (tertiary/aromatic N) is 1. The number of rotatable bonds is 5. The van der Waals surface area contributed by atoms with Gasteiger partial charge in [0.25, 0.3) is 0 Å². The lowest BCUT2D eigenvalue weighted by Gasteiger charge is -2.14. The fourth-order valence-electron chi connectivity index (χ4n) is 1.80. The van der Waals surface area contributed by atoms with Gasteiger partial charge in [-0.15, -0.1) is 0 Å². The van der Waals surface area contributed by atoms with E-state index in [0.717, 1.165) is 27.8 Å². The lowest BCUT2D eigenvalue weighted by Crippen LogP contribution is -2.12. The molecule has 1 aromatic heterocycles. The van der Waals surface area contributed by atoms with Crippen LogP contribution in [0.15, 0.2) is 47.2 Å². The van der Waals surface area contributed by atoms with E-state index in [9.17, 15) is 0 Å². The monoisotopic (exact) mass is 320 g/mol. The Morgan fingerprint density at radius 2 is 2.11 bits per heavy atom. The molecule has 1 atom stereocenters. The van der Waals surface area contributed by atoms with Crippen molar-refractivity contribution in [3.63, 3.8) is 0 Å². The van der Waals surface area contributed by atoms with Crippen molar-refractivity contribution in [1.29, 1.82) is 0 Å². The van der Waals surface area contributed by atoms with E-state index in [1.807, 2.05) is 30.3 Å². The lowest BCUT2D eigenvalue weighted by molar-refractivity contribution is 0.315. The molecule has 0 aliphatic heterocycles. The van der Waals surface area contributed by atoms with E-state index in [1.54, 1.807) is 12.4 Å². The summed E-state index contributed by atoms with van der Waals surface area (Å²) in [7, 11) is 0. The maximum absolute atomic E-state index is 6.27. The molecule has 2 N–H and O–H groups in total. The molecule has 0 saturated carbocycles. The third-order valence-electron chi connectivity index (χ3n) is 2.77. The van der Waals surface area contributed by atoms with E-state index in [-0.39, 0.29) is 6.04 Å². The van der Waals surface area contributed by atoms with Crippen LogP contribution in [-0.4, -0.2) is 11.6 Å². The zero-order valence-corrected chi connectivity index (χ0v) is 12.4. The van der Waals surface area contributed by atoms with Crippen LogP contribution in [0, 0.1) is 0 Å². The van der Waals surface area contributed by atoms with Crippen molar-refractivity contribution in [1.82, 2.24) is 4.98 Å². The van der Waals surface area contributed by atoms with Gasteiger partial charge in [0, 0.05) is 10.7 Å². The molecule has 1 unspecified atom stereocenters. The highest BCUT2D eigenvalue weighted by Gasteiger charge is 2.10. The molecule has 0 aliphatic rings.